The van der Waals surface area contributed by atoms with Crippen LogP contribution in [0, 0.1) is 5.41 Å². The van der Waals surface area contributed by atoms with Crippen LogP contribution in [-0.2, 0) is 11.3 Å². The lowest BCUT2D eigenvalue weighted by molar-refractivity contribution is 0.00296. The number of carbonyl (C=O) groups excluding carboxylic acids is 1. The van der Waals surface area contributed by atoms with Crippen molar-refractivity contribution in [2.24, 2.45) is 5.41 Å². The van der Waals surface area contributed by atoms with Crippen molar-refractivity contribution in [2.45, 2.75) is 32.4 Å². The molecule has 132 valence electrons. The van der Waals surface area contributed by atoms with E-state index >= 15 is 0 Å². The summed E-state index contributed by atoms with van der Waals surface area (Å²) < 4.78 is 24.7. The third kappa shape index (κ3) is 3.80. The molecule has 3 rings (SSSR count). The molecule has 6 heteroatoms. The quantitative estimate of drug-likeness (QED) is 0.923. The number of carbonyl (C=O) groups is 1. The van der Waals surface area contributed by atoms with Crippen molar-refractivity contribution in [3.8, 4) is 5.75 Å². The van der Waals surface area contributed by atoms with Gasteiger partial charge in [0.2, 0.25) is 0 Å². The van der Waals surface area contributed by atoms with Crippen LogP contribution in [0.1, 0.15) is 25.3 Å². The van der Waals surface area contributed by atoms with Crippen LogP contribution in [0.25, 0.3) is 0 Å². The Balaban J connectivity index is 1.64. The number of rotatable bonds is 3. The van der Waals surface area contributed by atoms with Gasteiger partial charge in [-0.25, -0.2) is 4.79 Å². The average molecular weight is 336 g/mol. The number of amides is 2. The van der Waals surface area contributed by atoms with Crippen LogP contribution in [0.4, 0.5) is 9.18 Å². The molecule has 0 aliphatic carbocycles. The molecule has 1 N–H and O–H groups in total. The van der Waals surface area contributed by atoms with E-state index in [1.807, 2.05) is 31.2 Å². The second-order valence-electron chi connectivity index (χ2n) is 6.82. The molecule has 0 spiro atoms. The van der Waals surface area contributed by atoms with Crippen molar-refractivity contribution in [3.05, 3.63) is 29.8 Å². The van der Waals surface area contributed by atoms with Crippen molar-refractivity contribution in [1.82, 2.24) is 10.2 Å². The van der Waals surface area contributed by atoms with Gasteiger partial charge in [-0.3, -0.25) is 4.39 Å². The number of ether oxygens (including phenoxy) is 2. The molecule has 24 heavy (non-hydrogen) atoms. The van der Waals surface area contributed by atoms with Crippen LogP contribution < -0.4 is 10.1 Å². The molecule has 1 aromatic rings. The first kappa shape index (κ1) is 17.0. The fourth-order valence-corrected chi connectivity index (χ4v) is 3.28. The Morgan fingerprint density at radius 1 is 1.38 bits per heavy atom. The van der Waals surface area contributed by atoms with E-state index in [9.17, 15) is 9.18 Å². The summed E-state index contributed by atoms with van der Waals surface area (Å²) >= 11 is 0. The summed E-state index contributed by atoms with van der Waals surface area (Å²) in [7, 11) is 0. The average Bonchev–Trinajstić information content (AvgIpc) is 2.78. The van der Waals surface area contributed by atoms with E-state index in [-0.39, 0.29) is 12.1 Å². The van der Waals surface area contributed by atoms with Crippen molar-refractivity contribution in [3.63, 3.8) is 0 Å². The maximum atomic E-state index is 13.5. The van der Waals surface area contributed by atoms with E-state index < -0.39 is 12.1 Å². The van der Waals surface area contributed by atoms with Gasteiger partial charge in [0.25, 0.3) is 0 Å². The molecule has 0 aromatic heterocycles. The van der Waals surface area contributed by atoms with Gasteiger partial charge in [0.15, 0.2) is 0 Å². The smallest absolute Gasteiger partial charge is 0.317 e. The topological polar surface area (TPSA) is 50.8 Å². The van der Waals surface area contributed by atoms with Crippen molar-refractivity contribution >= 4 is 6.03 Å². The Morgan fingerprint density at radius 2 is 2.12 bits per heavy atom. The highest BCUT2D eigenvalue weighted by atomic mass is 19.1. The first-order chi connectivity index (χ1) is 11.6. The summed E-state index contributed by atoms with van der Waals surface area (Å²) in [5, 5.41) is 2.93. The molecule has 1 fully saturated rings. The molecule has 0 radical (unpaired) electrons. The standard InChI is InChI=1S/C18H25FN2O3/c1-14-10-21(11-15-4-2-3-5-16(15)24-14)17(22)20-13-18(12-19)6-8-23-9-7-18/h2-5,14H,6-13H2,1H3,(H,20,22). The summed E-state index contributed by atoms with van der Waals surface area (Å²) in [5.41, 5.74) is 0.503. The predicted molar refractivity (Wildman–Crippen MR) is 88.8 cm³/mol. The largest absolute Gasteiger partial charge is 0.489 e. The highest BCUT2D eigenvalue weighted by Gasteiger charge is 2.34. The second-order valence-corrected chi connectivity index (χ2v) is 6.82. The van der Waals surface area contributed by atoms with Crippen molar-refractivity contribution in [1.29, 1.82) is 0 Å². The molecule has 0 bridgehead atoms. The van der Waals surface area contributed by atoms with Gasteiger partial charge in [-0.1, -0.05) is 18.2 Å². The highest BCUT2D eigenvalue weighted by Crippen LogP contribution is 2.30. The summed E-state index contributed by atoms with van der Waals surface area (Å²) in [6.45, 7) is 3.98. The summed E-state index contributed by atoms with van der Waals surface area (Å²) in [6, 6.07) is 7.59. The van der Waals surface area contributed by atoms with Gasteiger partial charge in [0.1, 0.15) is 11.9 Å². The summed E-state index contributed by atoms with van der Waals surface area (Å²) in [5.74, 6) is 0.824. The number of nitrogens with one attached hydrogen (secondary N) is 1. The summed E-state index contributed by atoms with van der Waals surface area (Å²) in [6.07, 6.45) is 1.20. The maximum absolute atomic E-state index is 13.5. The number of alkyl halides is 1. The minimum atomic E-state index is -0.486. The Hall–Kier alpha value is -1.82. The Kier molecular flexibility index (Phi) is 5.23. The van der Waals surface area contributed by atoms with Crippen LogP contribution in [0.2, 0.25) is 0 Å². The van der Waals surface area contributed by atoms with E-state index in [1.165, 1.54) is 0 Å². The molecule has 2 aliphatic heterocycles. The molecule has 2 heterocycles. The van der Waals surface area contributed by atoms with Crippen LogP contribution in [-0.4, -0.2) is 50.0 Å². The van der Waals surface area contributed by atoms with E-state index in [0.717, 1.165) is 11.3 Å². The van der Waals surface area contributed by atoms with Crippen LogP contribution in [0.3, 0.4) is 0 Å². The van der Waals surface area contributed by atoms with Gasteiger partial charge in [-0.15, -0.1) is 0 Å². The van der Waals surface area contributed by atoms with Crippen LogP contribution in [0.15, 0.2) is 24.3 Å². The van der Waals surface area contributed by atoms with Gasteiger partial charge >= 0.3 is 6.03 Å². The number of fused-ring (bicyclic) bond motifs is 1. The number of nitrogens with zero attached hydrogens (tertiary/aromatic N) is 1. The number of halogens is 1. The van der Waals surface area contributed by atoms with Crippen molar-refractivity contribution in [2.75, 3.05) is 33.0 Å². The lowest BCUT2D eigenvalue weighted by atomic mass is 9.81. The third-order valence-corrected chi connectivity index (χ3v) is 4.88. The maximum Gasteiger partial charge on any atom is 0.317 e. The normalized spacial score (nSPS) is 22.9. The molecular weight excluding hydrogens is 311 g/mol. The highest BCUT2D eigenvalue weighted by molar-refractivity contribution is 5.74. The molecule has 5 nitrogen and oxygen atoms in total. The monoisotopic (exact) mass is 336 g/mol. The first-order valence-electron chi connectivity index (χ1n) is 8.53. The lowest BCUT2D eigenvalue weighted by Gasteiger charge is -2.35. The van der Waals surface area contributed by atoms with Gasteiger partial charge in [0.05, 0.1) is 19.8 Å². The fourth-order valence-electron chi connectivity index (χ4n) is 3.28. The van der Waals surface area contributed by atoms with Gasteiger partial charge < -0.3 is 19.7 Å². The molecule has 0 saturated carbocycles. The molecular formula is C18H25FN2O3. The number of benzene rings is 1. The molecule has 2 amide bonds. The minimum Gasteiger partial charge on any atom is -0.489 e. The first-order valence-corrected chi connectivity index (χ1v) is 8.53. The zero-order valence-corrected chi connectivity index (χ0v) is 14.1. The number of hydrogen-bond donors (Lipinski definition) is 1. The molecule has 2 aliphatic rings. The zero-order valence-electron chi connectivity index (χ0n) is 14.1. The van der Waals surface area contributed by atoms with E-state index in [1.54, 1.807) is 4.90 Å². The predicted octanol–water partition coefficient (Wildman–Crippen LogP) is 2.75. The molecule has 1 aromatic carbocycles. The van der Waals surface area contributed by atoms with E-state index in [0.29, 0.717) is 45.7 Å². The Labute approximate surface area is 142 Å². The Morgan fingerprint density at radius 3 is 2.88 bits per heavy atom. The molecule has 1 saturated heterocycles. The lowest BCUT2D eigenvalue weighted by Crippen LogP contribution is -2.48. The number of urea groups is 1. The van der Waals surface area contributed by atoms with E-state index in [2.05, 4.69) is 5.32 Å². The zero-order chi connectivity index (χ0) is 17.0. The minimum absolute atomic E-state index is 0.0855. The summed E-state index contributed by atoms with van der Waals surface area (Å²) in [4.78, 5) is 14.4. The second kappa shape index (κ2) is 7.38. The number of para-hydroxylation sites is 1. The Bertz CT molecular complexity index is 575. The fraction of sp³-hybridized carbons (Fsp3) is 0.611. The third-order valence-electron chi connectivity index (χ3n) is 4.88. The van der Waals surface area contributed by atoms with Gasteiger partial charge in [0, 0.05) is 30.7 Å². The van der Waals surface area contributed by atoms with Gasteiger partial charge in [-0.05, 0) is 25.8 Å². The number of hydrogen-bond acceptors (Lipinski definition) is 3. The van der Waals surface area contributed by atoms with E-state index in [4.69, 9.17) is 9.47 Å². The van der Waals surface area contributed by atoms with Gasteiger partial charge in [-0.2, -0.15) is 0 Å². The molecule has 1 atom stereocenters. The molecule has 1 unspecified atom stereocenters. The van der Waals surface area contributed by atoms with Crippen LogP contribution in [0.5, 0.6) is 5.75 Å². The van der Waals surface area contributed by atoms with Crippen molar-refractivity contribution < 1.29 is 18.7 Å². The van der Waals surface area contributed by atoms with Crippen LogP contribution >= 0.6 is 0 Å². The SMILES string of the molecule is CC1CN(C(=O)NCC2(CF)CCOCC2)Cc2ccccc2O1.